The van der Waals surface area contributed by atoms with Crippen molar-refractivity contribution in [3.05, 3.63) is 23.8 Å². The number of rotatable bonds is 2. The Kier molecular flexibility index (Phi) is 4.65. The summed E-state index contributed by atoms with van der Waals surface area (Å²) in [6.45, 7) is 7.83. The Balaban J connectivity index is 1.65. The monoisotopic (exact) mass is 444 g/mol. The highest BCUT2D eigenvalue weighted by atomic mass is 19.1. The predicted octanol–water partition coefficient (Wildman–Crippen LogP) is 4.34. The van der Waals surface area contributed by atoms with Gasteiger partial charge < -0.3 is 10.2 Å². The van der Waals surface area contributed by atoms with Crippen LogP contribution in [0.5, 0.6) is 0 Å². The molecule has 0 radical (unpaired) electrons. The number of allylic oxidation sites excluding steroid dienone is 4. The summed E-state index contributed by atoms with van der Waals surface area (Å²) in [5, 5.41) is 21.6. The summed E-state index contributed by atoms with van der Waals surface area (Å²) in [6.07, 6.45) is 8.22. The lowest BCUT2D eigenvalue weighted by molar-refractivity contribution is -0.239. The third kappa shape index (κ3) is 2.45. The Morgan fingerprint density at radius 2 is 1.84 bits per heavy atom. The van der Waals surface area contributed by atoms with Gasteiger partial charge in [0.2, 0.25) is 0 Å². The molecule has 0 spiro atoms. The number of alkyl halides is 1. The molecule has 0 heterocycles. The van der Waals surface area contributed by atoms with E-state index >= 15 is 4.39 Å². The standard InChI is InChI=1S/C27H37FO4/c1-23(2)12-17-6-7-19-20-8-5-16-11-18(30)9-10-24(16,3)27(20,28)21(31)13-25(19,4)26(17,15-23)22(32)14-29/h9-11,17,19-21,29,31H,5-8,12-15H2,1-4H3/t17-,19?,20?,21-,24-,25-,26+,27-/m0/s1. The fraction of sp³-hybridized carbons (Fsp3) is 0.778. The van der Waals surface area contributed by atoms with Crippen molar-refractivity contribution >= 4 is 11.6 Å². The van der Waals surface area contributed by atoms with E-state index in [1.807, 2.05) is 6.92 Å². The van der Waals surface area contributed by atoms with Crippen LogP contribution in [0, 0.1) is 39.4 Å². The van der Waals surface area contributed by atoms with Gasteiger partial charge in [0.15, 0.2) is 17.2 Å². The number of halogens is 1. The molecule has 2 unspecified atom stereocenters. The van der Waals surface area contributed by atoms with Crippen LogP contribution in [0.4, 0.5) is 4.39 Å². The third-order valence-electron chi connectivity index (χ3n) is 10.8. The van der Waals surface area contributed by atoms with E-state index < -0.39 is 34.6 Å². The van der Waals surface area contributed by atoms with Gasteiger partial charge in [-0.2, -0.15) is 0 Å². The maximum Gasteiger partial charge on any atom is 0.178 e. The topological polar surface area (TPSA) is 74.6 Å². The van der Waals surface area contributed by atoms with E-state index in [9.17, 15) is 19.8 Å². The summed E-state index contributed by atoms with van der Waals surface area (Å²) in [5.41, 5.74) is -3.40. The average Bonchev–Trinajstić information content (AvgIpc) is 3.02. The van der Waals surface area contributed by atoms with Crippen molar-refractivity contribution in [3.63, 3.8) is 0 Å². The molecule has 4 fully saturated rings. The number of hydrogen-bond donors (Lipinski definition) is 2. The number of fused-ring (bicyclic) bond motifs is 7. The molecule has 5 rings (SSSR count). The molecule has 5 aliphatic carbocycles. The van der Waals surface area contributed by atoms with Gasteiger partial charge in [0, 0.05) is 16.7 Å². The van der Waals surface area contributed by atoms with E-state index in [1.54, 1.807) is 12.2 Å². The highest BCUT2D eigenvalue weighted by molar-refractivity contribution is 6.01. The van der Waals surface area contributed by atoms with Gasteiger partial charge in [-0.3, -0.25) is 9.59 Å². The van der Waals surface area contributed by atoms with E-state index in [-0.39, 0.29) is 41.2 Å². The van der Waals surface area contributed by atoms with Gasteiger partial charge in [0.1, 0.15) is 6.61 Å². The second-order valence-electron chi connectivity index (χ2n) is 12.6. The largest absolute Gasteiger partial charge is 0.390 e. The summed E-state index contributed by atoms with van der Waals surface area (Å²) in [7, 11) is 0. The molecule has 0 saturated heterocycles. The summed E-state index contributed by atoms with van der Waals surface area (Å²) >= 11 is 0. The molecule has 8 atom stereocenters. The van der Waals surface area contributed by atoms with Crippen LogP contribution < -0.4 is 0 Å². The minimum atomic E-state index is -1.87. The molecule has 176 valence electrons. The number of aliphatic hydroxyl groups is 2. The van der Waals surface area contributed by atoms with Gasteiger partial charge in [0.05, 0.1) is 6.10 Å². The molecular weight excluding hydrogens is 407 g/mol. The van der Waals surface area contributed by atoms with Gasteiger partial charge in [-0.15, -0.1) is 0 Å². The lowest BCUT2D eigenvalue weighted by atomic mass is 9.37. The highest BCUT2D eigenvalue weighted by Gasteiger charge is 2.75. The molecule has 0 aromatic carbocycles. The van der Waals surface area contributed by atoms with E-state index in [0.29, 0.717) is 19.3 Å². The molecule has 5 heteroatoms. The van der Waals surface area contributed by atoms with Crippen LogP contribution in [0.3, 0.4) is 0 Å². The van der Waals surface area contributed by atoms with Gasteiger partial charge >= 0.3 is 0 Å². The first-order valence-electron chi connectivity index (χ1n) is 12.3. The molecular formula is C27H37FO4. The zero-order valence-electron chi connectivity index (χ0n) is 19.8. The van der Waals surface area contributed by atoms with E-state index in [0.717, 1.165) is 24.8 Å². The van der Waals surface area contributed by atoms with Crippen molar-refractivity contribution in [1.29, 1.82) is 0 Å². The van der Waals surface area contributed by atoms with Gasteiger partial charge in [-0.25, -0.2) is 4.39 Å². The maximum atomic E-state index is 17.3. The molecule has 0 amide bonds. The SMILES string of the molecule is CC1(C)C[C@@H]2CCC3C4CCC5=CC(=O)C=C[C@]5(C)[C@@]4(F)[C@@H](O)C[C@]3(C)[C@]2(C(=O)CO)C1. The second kappa shape index (κ2) is 6.63. The highest BCUT2D eigenvalue weighted by Crippen LogP contribution is 2.75. The second-order valence-corrected chi connectivity index (χ2v) is 12.6. The quantitative estimate of drug-likeness (QED) is 0.664. The first-order valence-corrected chi connectivity index (χ1v) is 12.3. The molecule has 2 N–H and O–H groups in total. The first kappa shape index (κ1) is 22.5. The van der Waals surface area contributed by atoms with Crippen LogP contribution in [0.1, 0.15) is 72.6 Å². The van der Waals surface area contributed by atoms with Crippen LogP contribution in [0.2, 0.25) is 0 Å². The lowest BCUT2D eigenvalue weighted by Crippen LogP contribution is -2.71. The van der Waals surface area contributed by atoms with Crippen LogP contribution in [0.15, 0.2) is 23.8 Å². The zero-order valence-corrected chi connectivity index (χ0v) is 19.8. The van der Waals surface area contributed by atoms with Crippen molar-refractivity contribution in [3.8, 4) is 0 Å². The lowest BCUT2D eigenvalue weighted by Gasteiger charge is -2.68. The minimum Gasteiger partial charge on any atom is -0.390 e. The van der Waals surface area contributed by atoms with Gasteiger partial charge in [0.25, 0.3) is 0 Å². The predicted molar refractivity (Wildman–Crippen MR) is 119 cm³/mol. The van der Waals surface area contributed by atoms with Gasteiger partial charge in [-0.1, -0.05) is 32.4 Å². The molecule has 32 heavy (non-hydrogen) atoms. The Bertz CT molecular complexity index is 936. The fourth-order valence-corrected chi connectivity index (χ4v) is 9.60. The Hall–Kier alpha value is -1.33. The van der Waals surface area contributed by atoms with Crippen LogP contribution in [0.25, 0.3) is 0 Å². The zero-order chi connectivity index (χ0) is 23.3. The smallest absolute Gasteiger partial charge is 0.178 e. The van der Waals surface area contributed by atoms with Crippen molar-refractivity contribution < 1.29 is 24.2 Å². The van der Waals surface area contributed by atoms with Crippen LogP contribution in [-0.2, 0) is 9.59 Å². The van der Waals surface area contributed by atoms with E-state index in [1.165, 1.54) is 6.08 Å². The summed E-state index contributed by atoms with van der Waals surface area (Å²) in [6, 6.07) is 0. The summed E-state index contributed by atoms with van der Waals surface area (Å²) in [5.74, 6) is -0.495. The number of ketones is 2. The Morgan fingerprint density at radius 3 is 2.53 bits per heavy atom. The molecule has 0 bridgehead atoms. The minimum absolute atomic E-state index is 0.0243. The van der Waals surface area contributed by atoms with Crippen LogP contribution in [-0.4, -0.2) is 40.2 Å². The first-order chi connectivity index (χ1) is 14.9. The molecule has 5 aliphatic rings. The van der Waals surface area contributed by atoms with Crippen molar-refractivity contribution in [2.24, 2.45) is 39.4 Å². The van der Waals surface area contributed by atoms with Crippen molar-refractivity contribution in [2.45, 2.75) is 84.4 Å². The fourth-order valence-electron chi connectivity index (χ4n) is 9.60. The van der Waals surface area contributed by atoms with Crippen molar-refractivity contribution in [1.82, 2.24) is 0 Å². The molecule has 0 aromatic rings. The number of carbonyl (C=O) groups excluding carboxylic acids is 2. The summed E-state index contributed by atoms with van der Waals surface area (Å²) in [4.78, 5) is 25.5. The molecule has 0 aromatic heterocycles. The Morgan fingerprint density at radius 1 is 1.12 bits per heavy atom. The van der Waals surface area contributed by atoms with E-state index in [2.05, 4.69) is 20.8 Å². The van der Waals surface area contributed by atoms with Crippen LogP contribution >= 0.6 is 0 Å². The van der Waals surface area contributed by atoms with Gasteiger partial charge in [-0.05, 0) is 86.7 Å². The number of carbonyl (C=O) groups is 2. The third-order valence-corrected chi connectivity index (χ3v) is 10.8. The Labute approximate surface area is 190 Å². The number of Topliss-reactive ketones (excluding diaryl/α,β-unsaturated/α-hetero) is 1. The summed E-state index contributed by atoms with van der Waals surface area (Å²) < 4.78 is 17.3. The molecule has 0 aliphatic heterocycles. The average molecular weight is 445 g/mol. The molecule has 4 nitrogen and oxygen atoms in total. The van der Waals surface area contributed by atoms with E-state index in [4.69, 9.17) is 0 Å². The van der Waals surface area contributed by atoms with Crippen molar-refractivity contribution in [2.75, 3.05) is 6.61 Å². The number of aliphatic hydroxyl groups excluding tert-OH is 2. The normalized spacial score (nSPS) is 51.2. The maximum absolute atomic E-state index is 17.3. The molecule has 4 saturated carbocycles. The number of hydrogen-bond acceptors (Lipinski definition) is 4.